The second-order valence-electron chi connectivity index (χ2n) is 5.02. The van der Waals surface area contributed by atoms with Crippen LogP contribution < -0.4 is 10.1 Å². The maximum atomic E-state index is 12.2. The monoisotopic (exact) mass is 294 g/mol. The average Bonchev–Trinajstić information content (AvgIpc) is 2.97. The topological polar surface area (TPSA) is 42.7 Å². The Hall–Kier alpha value is -2.75. The number of hydrogen-bond acceptors (Lipinski definition) is 2. The Bertz CT molecular complexity index is 759. The van der Waals surface area contributed by atoms with Gasteiger partial charge in [0.15, 0.2) is 0 Å². The lowest BCUT2D eigenvalue weighted by atomic mass is 10.2. The van der Waals surface area contributed by atoms with Crippen molar-refractivity contribution in [2.45, 2.75) is 13.5 Å². The largest absolute Gasteiger partial charge is 0.494 e. The van der Waals surface area contributed by atoms with Crippen molar-refractivity contribution in [2.24, 2.45) is 0 Å². The third-order valence-corrected chi connectivity index (χ3v) is 3.43. The number of ether oxygens (including phenoxy) is 1. The fourth-order valence-electron chi connectivity index (χ4n) is 2.38. The summed E-state index contributed by atoms with van der Waals surface area (Å²) in [5, 5.41) is 2.94. The van der Waals surface area contributed by atoms with E-state index in [1.807, 2.05) is 72.2 Å². The third kappa shape index (κ3) is 3.11. The van der Waals surface area contributed by atoms with E-state index in [1.54, 1.807) is 0 Å². The average molecular weight is 294 g/mol. The summed E-state index contributed by atoms with van der Waals surface area (Å²) in [6, 6.07) is 15.5. The lowest BCUT2D eigenvalue weighted by Crippen LogP contribution is -2.22. The van der Waals surface area contributed by atoms with E-state index in [2.05, 4.69) is 5.32 Å². The number of amides is 1. The second kappa shape index (κ2) is 6.35. The van der Waals surface area contributed by atoms with Crippen LogP contribution in [0, 0.1) is 0 Å². The van der Waals surface area contributed by atoms with Gasteiger partial charge in [-0.25, -0.2) is 0 Å². The van der Waals surface area contributed by atoms with Gasteiger partial charge in [-0.2, -0.15) is 0 Å². The Kier molecular flexibility index (Phi) is 4.10. The normalized spacial score (nSPS) is 10.6. The van der Waals surface area contributed by atoms with Gasteiger partial charge >= 0.3 is 0 Å². The molecule has 0 aliphatic carbocycles. The maximum Gasteiger partial charge on any atom is 0.253 e. The number of nitrogens with zero attached hydrogens (tertiary/aromatic N) is 1. The molecule has 22 heavy (non-hydrogen) atoms. The SMILES string of the molecule is CCOc1cccc(CNC(=O)c2cc3ccccn3c2)c1. The van der Waals surface area contributed by atoms with Crippen molar-refractivity contribution in [3.8, 4) is 5.75 Å². The van der Waals surface area contributed by atoms with Crippen LogP contribution in [0.5, 0.6) is 5.75 Å². The van der Waals surface area contributed by atoms with Crippen molar-refractivity contribution >= 4 is 11.4 Å². The number of hydrogen-bond donors (Lipinski definition) is 1. The first-order valence-corrected chi connectivity index (χ1v) is 7.33. The zero-order valence-corrected chi connectivity index (χ0v) is 12.5. The van der Waals surface area contributed by atoms with Crippen LogP contribution in [0.15, 0.2) is 60.9 Å². The summed E-state index contributed by atoms with van der Waals surface area (Å²) in [5.41, 5.74) is 2.68. The van der Waals surface area contributed by atoms with Crippen LogP contribution in [0.3, 0.4) is 0 Å². The van der Waals surface area contributed by atoms with Crippen LogP contribution in [0.2, 0.25) is 0 Å². The molecule has 0 unspecified atom stereocenters. The van der Waals surface area contributed by atoms with Crippen molar-refractivity contribution in [1.82, 2.24) is 9.72 Å². The summed E-state index contributed by atoms with van der Waals surface area (Å²) in [6.45, 7) is 3.06. The summed E-state index contributed by atoms with van der Waals surface area (Å²) in [7, 11) is 0. The molecule has 0 fully saturated rings. The molecule has 112 valence electrons. The van der Waals surface area contributed by atoms with Gasteiger partial charge in [-0.05, 0) is 42.8 Å². The fourth-order valence-corrected chi connectivity index (χ4v) is 2.38. The lowest BCUT2D eigenvalue weighted by Gasteiger charge is -2.07. The van der Waals surface area contributed by atoms with E-state index >= 15 is 0 Å². The molecule has 0 saturated carbocycles. The number of rotatable bonds is 5. The van der Waals surface area contributed by atoms with E-state index in [0.29, 0.717) is 18.7 Å². The molecule has 3 rings (SSSR count). The smallest absolute Gasteiger partial charge is 0.253 e. The molecule has 4 nitrogen and oxygen atoms in total. The van der Waals surface area contributed by atoms with Crippen molar-refractivity contribution < 1.29 is 9.53 Å². The zero-order chi connectivity index (χ0) is 15.4. The first kappa shape index (κ1) is 14.2. The number of benzene rings is 1. The fraction of sp³-hybridized carbons (Fsp3) is 0.167. The molecule has 0 aliphatic rings. The van der Waals surface area contributed by atoms with Crippen LogP contribution in [-0.4, -0.2) is 16.9 Å². The minimum Gasteiger partial charge on any atom is -0.494 e. The zero-order valence-electron chi connectivity index (χ0n) is 12.5. The molecule has 0 saturated heterocycles. The molecule has 1 amide bonds. The maximum absolute atomic E-state index is 12.2. The lowest BCUT2D eigenvalue weighted by molar-refractivity contribution is 0.0951. The van der Waals surface area contributed by atoms with E-state index in [1.165, 1.54) is 0 Å². The predicted octanol–water partition coefficient (Wildman–Crippen LogP) is 3.27. The van der Waals surface area contributed by atoms with Crippen LogP contribution in [-0.2, 0) is 6.54 Å². The highest BCUT2D eigenvalue weighted by molar-refractivity contribution is 5.95. The van der Waals surface area contributed by atoms with Crippen LogP contribution in [0.4, 0.5) is 0 Å². The standard InChI is InChI=1S/C18H18N2O2/c1-2-22-17-8-5-6-14(10-17)12-19-18(21)15-11-16-7-3-4-9-20(16)13-15/h3-11,13H,2,12H2,1H3,(H,19,21). The van der Waals surface area contributed by atoms with Crippen LogP contribution >= 0.6 is 0 Å². The molecule has 0 atom stereocenters. The van der Waals surface area contributed by atoms with E-state index in [4.69, 9.17) is 4.74 Å². The van der Waals surface area contributed by atoms with Crippen molar-refractivity contribution in [3.05, 3.63) is 72.1 Å². The van der Waals surface area contributed by atoms with Gasteiger partial charge in [0.2, 0.25) is 0 Å². The Morgan fingerprint density at radius 3 is 2.91 bits per heavy atom. The van der Waals surface area contributed by atoms with Crippen molar-refractivity contribution in [1.29, 1.82) is 0 Å². The van der Waals surface area contributed by atoms with Gasteiger partial charge in [-0.15, -0.1) is 0 Å². The van der Waals surface area contributed by atoms with Gasteiger partial charge in [0.1, 0.15) is 5.75 Å². The molecule has 0 radical (unpaired) electrons. The Morgan fingerprint density at radius 2 is 2.09 bits per heavy atom. The number of nitrogens with one attached hydrogen (secondary N) is 1. The number of pyridine rings is 1. The van der Waals surface area contributed by atoms with Gasteiger partial charge in [-0.3, -0.25) is 4.79 Å². The van der Waals surface area contributed by atoms with E-state index in [9.17, 15) is 4.79 Å². The molecule has 0 spiro atoms. The summed E-state index contributed by atoms with van der Waals surface area (Å²) in [6.07, 6.45) is 3.76. The Balaban J connectivity index is 1.68. The molecule has 0 bridgehead atoms. The van der Waals surface area contributed by atoms with Gasteiger partial charge in [0.05, 0.1) is 12.2 Å². The minimum atomic E-state index is -0.0782. The molecular formula is C18H18N2O2. The first-order valence-electron chi connectivity index (χ1n) is 7.33. The highest BCUT2D eigenvalue weighted by Crippen LogP contribution is 2.14. The Morgan fingerprint density at radius 1 is 1.18 bits per heavy atom. The van der Waals surface area contributed by atoms with E-state index in [-0.39, 0.29) is 5.91 Å². The second-order valence-corrected chi connectivity index (χ2v) is 5.02. The third-order valence-electron chi connectivity index (χ3n) is 3.43. The van der Waals surface area contributed by atoms with Gasteiger partial charge < -0.3 is 14.5 Å². The molecule has 2 heterocycles. The van der Waals surface area contributed by atoms with Crippen LogP contribution in [0.25, 0.3) is 5.52 Å². The van der Waals surface area contributed by atoms with E-state index < -0.39 is 0 Å². The number of carbonyl (C=O) groups excluding carboxylic acids is 1. The highest BCUT2D eigenvalue weighted by Gasteiger charge is 2.08. The molecular weight excluding hydrogens is 276 g/mol. The van der Waals surface area contributed by atoms with Gasteiger partial charge in [-0.1, -0.05) is 18.2 Å². The van der Waals surface area contributed by atoms with E-state index in [0.717, 1.165) is 16.8 Å². The Labute approximate surface area is 129 Å². The summed E-state index contributed by atoms with van der Waals surface area (Å²) in [5.74, 6) is 0.745. The quantitative estimate of drug-likeness (QED) is 0.785. The van der Waals surface area contributed by atoms with Crippen molar-refractivity contribution in [3.63, 3.8) is 0 Å². The summed E-state index contributed by atoms with van der Waals surface area (Å²) >= 11 is 0. The number of aromatic nitrogens is 1. The van der Waals surface area contributed by atoms with Gasteiger partial charge in [0, 0.05) is 24.5 Å². The minimum absolute atomic E-state index is 0.0782. The predicted molar refractivity (Wildman–Crippen MR) is 86.2 cm³/mol. The highest BCUT2D eigenvalue weighted by atomic mass is 16.5. The molecule has 4 heteroatoms. The molecule has 1 N–H and O–H groups in total. The number of carbonyl (C=O) groups is 1. The molecule has 2 aromatic heterocycles. The number of fused-ring (bicyclic) bond motifs is 1. The van der Waals surface area contributed by atoms with Crippen LogP contribution in [0.1, 0.15) is 22.8 Å². The van der Waals surface area contributed by atoms with Gasteiger partial charge in [0.25, 0.3) is 5.91 Å². The molecule has 3 aromatic rings. The molecule has 1 aromatic carbocycles. The van der Waals surface area contributed by atoms with Crippen molar-refractivity contribution in [2.75, 3.05) is 6.61 Å². The first-order chi connectivity index (χ1) is 10.8. The summed E-state index contributed by atoms with van der Waals surface area (Å²) in [4.78, 5) is 12.2. The molecule has 0 aliphatic heterocycles. The summed E-state index contributed by atoms with van der Waals surface area (Å²) < 4.78 is 7.40.